The van der Waals surface area contributed by atoms with Crippen LogP contribution >= 0.6 is 0 Å². The van der Waals surface area contributed by atoms with E-state index < -0.39 is 0 Å². The fourth-order valence-corrected chi connectivity index (χ4v) is 2.68. The van der Waals surface area contributed by atoms with E-state index >= 15 is 0 Å². The summed E-state index contributed by atoms with van der Waals surface area (Å²) in [4.78, 5) is 4.57. The molecule has 2 N–H and O–H groups in total. The molecule has 3 nitrogen and oxygen atoms in total. The van der Waals surface area contributed by atoms with Gasteiger partial charge in [0.05, 0.1) is 5.69 Å². The van der Waals surface area contributed by atoms with Crippen LogP contribution in [0.1, 0.15) is 39.3 Å². The third kappa shape index (κ3) is 3.30. The standard InChI is InChI=1S/C16H26FN3/c1-12(18)13-5-6-15(14(17)11-13)19-7-9-20(10-8-19)16(2,3)4/h5-6,11-12H,7-10,18H2,1-4H3/t12-/m0/s1. The number of hydrogen-bond acceptors (Lipinski definition) is 3. The van der Waals surface area contributed by atoms with Crippen molar-refractivity contribution in [2.24, 2.45) is 5.73 Å². The molecule has 0 aromatic heterocycles. The molecule has 1 saturated heterocycles. The zero-order chi connectivity index (χ0) is 14.9. The molecule has 1 atom stereocenters. The van der Waals surface area contributed by atoms with Gasteiger partial charge in [-0.2, -0.15) is 0 Å². The number of nitrogens with zero attached hydrogens (tertiary/aromatic N) is 2. The van der Waals surface area contributed by atoms with E-state index in [1.165, 1.54) is 0 Å². The second-order valence-corrected chi connectivity index (χ2v) is 6.64. The molecule has 4 heteroatoms. The van der Waals surface area contributed by atoms with Gasteiger partial charge in [0.25, 0.3) is 0 Å². The van der Waals surface area contributed by atoms with Crippen molar-refractivity contribution >= 4 is 5.69 Å². The first-order chi connectivity index (χ1) is 9.29. The fourth-order valence-electron chi connectivity index (χ4n) is 2.68. The van der Waals surface area contributed by atoms with Crippen molar-refractivity contribution in [3.63, 3.8) is 0 Å². The van der Waals surface area contributed by atoms with E-state index in [-0.39, 0.29) is 17.4 Å². The van der Waals surface area contributed by atoms with Gasteiger partial charge >= 0.3 is 0 Å². The summed E-state index contributed by atoms with van der Waals surface area (Å²) < 4.78 is 14.2. The Balaban J connectivity index is 2.07. The fraction of sp³-hybridized carbons (Fsp3) is 0.625. The van der Waals surface area contributed by atoms with Crippen molar-refractivity contribution in [3.05, 3.63) is 29.6 Å². The van der Waals surface area contributed by atoms with Gasteiger partial charge in [0, 0.05) is 37.8 Å². The lowest BCUT2D eigenvalue weighted by Crippen LogP contribution is -2.53. The predicted molar refractivity (Wildman–Crippen MR) is 82.5 cm³/mol. The number of halogens is 1. The van der Waals surface area contributed by atoms with E-state index in [4.69, 9.17) is 5.73 Å². The smallest absolute Gasteiger partial charge is 0.146 e. The molecule has 0 aliphatic carbocycles. The maximum atomic E-state index is 14.2. The highest BCUT2D eigenvalue weighted by Gasteiger charge is 2.26. The molecule has 1 aliphatic heterocycles. The maximum Gasteiger partial charge on any atom is 0.146 e. The molecule has 1 aromatic rings. The Morgan fingerprint density at radius 2 is 1.75 bits per heavy atom. The molecule has 0 saturated carbocycles. The van der Waals surface area contributed by atoms with Gasteiger partial charge in [-0.15, -0.1) is 0 Å². The summed E-state index contributed by atoms with van der Waals surface area (Å²) >= 11 is 0. The summed E-state index contributed by atoms with van der Waals surface area (Å²) in [5.74, 6) is -0.163. The second kappa shape index (κ2) is 5.70. The molecule has 1 fully saturated rings. The summed E-state index contributed by atoms with van der Waals surface area (Å²) in [6.45, 7) is 12.2. The molecule has 20 heavy (non-hydrogen) atoms. The van der Waals surface area contributed by atoms with Gasteiger partial charge in [-0.3, -0.25) is 4.90 Å². The van der Waals surface area contributed by atoms with E-state index in [2.05, 4.69) is 30.6 Å². The summed E-state index contributed by atoms with van der Waals surface area (Å²) in [5, 5.41) is 0. The van der Waals surface area contributed by atoms with E-state index in [0.717, 1.165) is 31.7 Å². The molecule has 0 amide bonds. The van der Waals surface area contributed by atoms with Crippen molar-refractivity contribution in [3.8, 4) is 0 Å². The minimum atomic E-state index is -0.163. The first-order valence-electron chi connectivity index (χ1n) is 7.34. The number of nitrogens with two attached hydrogens (primary N) is 1. The minimum absolute atomic E-state index is 0.128. The quantitative estimate of drug-likeness (QED) is 0.903. The van der Waals surface area contributed by atoms with Crippen LogP contribution < -0.4 is 10.6 Å². The third-order valence-corrected chi connectivity index (χ3v) is 4.07. The molecule has 1 aromatic carbocycles. The van der Waals surface area contributed by atoms with Gasteiger partial charge in [-0.1, -0.05) is 6.07 Å². The number of anilines is 1. The van der Waals surface area contributed by atoms with Crippen LogP contribution in [0.15, 0.2) is 18.2 Å². The first-order valence-corrected chi connectivity index (χ1v) is 7.34. The molecule has 0 spiro atoms. The molecule has 0 bridgehead atoms. The molecule has 0 unspecified atom stereocenters. The Labute approximate surface area is 121 Å². The van der Waals surface area contributed by atoms with Gasteiger partial charge < -0.3 is 10.6 Å². The van der Waals surface area contributed by atoms with E-state index in [9.17, 15) is 4.39 Å². The summed E-state index contributed by atoms with van der Waals surface area (Å²) in [6, 6.07) is 5.23. The van der Waals surface area contributed by atoms with Gasteiger partial charge in [0.2, 0.25) is 0 Å². The Morgan fingerprint density at radius 3 is 2.20 bits per heavy atom. The summed E-state index contributed by atoms with van der Waals surface area (Å²) in [6.07, 6.45) is 0. The zero-order valence-electron chi connectivity index (χ0n) is 13.0. The van der Waals surface area contributed by atoms with Crippen LogP contribution in [0.2, 0.25) is 0 Å². The Bertz CT molecular complexity index is 457. The largest absolute Gasteiger partial charge is 0.367 e. The van der Waals surface area contributed by atoms with Gasteiger partial charge in [0.15, 0.2) is 0 Å². The summed E-state index contributed by atoms with van der Waals surface area (Å²) in [7, 11) is 0. The number of hydrogen-bond donors (Lipinski definition) is 1. The van der Waals surface area contributed by atoms with Crippen molar-refractivity contribution in [2.75, 3.05) is 31.1 Å². The number of benzene rings is 1. The molecule has 1 aliphatic rings. The van der Waals surface area contributed by atoms with Gasteiger partial charge in [-0.05, 0) is 45.4 Å². The first kappa shape index (κ1) is 15.3. The minimum Gasteiger partial charge on any atom is -0.367 e. The van der Waals surface area contributed by atoms with Crippen LogP contribution in [0.4, 0.5) is 10.1 Å². The maximum absolute atomic E-state index is 14.2. The predicted octanol–water partition coefficient (Wildman–Crippen LogP) is 2.77. The van der Waals surface area contributed by atoms with Crippen LogP contribution in [-0.2, 0) is 0 Å². The Morgan fingerprint density at radius 1 is 1.15 bits per heavy atom. The molecular formula is C16H26FN3. The SMILES string of the molecule is C[C@H](N)c1ccc(N2CCN(C(C)(C)C)CC2)c(F)c1. The van der Waals surface area contributed by atoms with E-state index in [1.54, 1.807) is 6.07 Å². The van der Waals surface area contributed by atoms with Crippen molar-refractivity contribution in [1.82, 2.24) is 4.90 Å². The third-order valence-electron chi connectivity index (χ3n) is 4.07. The van der Waals surface area contributed by atoms with E-state index in [0.29, 0.717) is 5.69 Å². The average Bonchev–Trinajstić information content (AvgIpc) is 2.37. The highest BCUT2D eigenvalue weighted by molar-refractivity contribution is 5.50. The highest BCUT2D eigenvalue weighted by Crippen LogP contribution is 2.25. The number of piperazine rings is 1. The van der Waals surface area contributed by atoms with Crippen LogP contribution in [0.5, 0.6) is 0 Å². The summed E-state index contributed by atoms with van der Waals surface area (Å²) in [5.41, 5.74) is 7.52. The van der Waals surface area contributed by atoms with Crippen molar-refractivity contribution in [1.29, 1.82) is 0 Å². The average molecular weight is 279 g/mol. The molecular weight excluding hydrogens is 253 g/mol. The van der Waals surface area contributed by atoms with Gasteiger partial charge in [0.1, 0.15) is 5.82 Å². The van der Waals surface area contributed by atoms with Crippen molar-refractivity contribution < 1.29 is 4.39 Å². The second-order valence-electron chi connectivity index (χ2n) is 6.64. The van der Waals surface area contributed by atoms with Crippen LogP contribution in [-0.4, -0.2) is 36.6 Å². The zero-order valence-corrected chi connectivity index (χ0v) is 13.0. The molecule has 1 heterocycles. The topological polar surface area (TPSA) is 32.5 Å². The highest BCUT2D eigenvalue weighted by atomic mass is 19.1. The lowest BCUT2D eigenvalue weighted by Gasteiger charge is -2.43. The van der Waals surface area contributed by atoms with Crippen molar-refractivity contribution in [2.45, 2.75) is 39.3 Å². The Kier molecular flexibility index (Phi) is 4.35. The Hall–Kier alpha value is -1.13. The van der Waals surface area contributed by atoms with Crippen LogP contribution in [0.25, 0.3) is 0 Å². The van der Waals surface area contributed by atoms with Crippen LogP contribution in [0.3, 0.4) is 0 Å². The van der Waals surface area contributed by atoms with E-state index in [1.807, 2.05) is 19.1 Å². The van der Waals surface area contributed by atoms with Gasteiger partial charge in [-0.25, -0.2) is 4.39 Å². The lowest BCUT2D eigenvalue weighted by atomic mass is 10.0. The molecule has 0 radical (unpaired) electrons. The molecule has 2 rings (SSSR count). The monoisotopic (exact) mass is 279 g/mol. The lowest BCUT2D eigenvalue weighted by molar-refractivity contribution is 0.128. The molecule has 112 valence electrons. The number of rotatable bonds is 2. The van der Waals surface area contributed by atoms with Crippen LogP contribution in [0, 0.1) is 5.82 Å². The normalized spacial score (nSPS) is 19.2.